The van der Waals surface area contributed by atoms with E-state index in [0.29, 0.717) is 12.1 Å². The molecule has 0 aliphatic carbocycles. The summed E-state index contributed by atoms with van der Waals surface area (Å²) in [6.45, 7) is 1.90. The van der Waals surface area contributed by atoms with Crippen LogP contribution in [0.3, 0.4) is 0 Å². The molecule has 0 aromatic heterocycles. The number of amides is 2. The fraction of sp³-hybridized carbons (Fsp3) is 0.167. The van der Waals surface area contributed by atoms with Crippen LogP contribution in [0.25, 0.3) is 0 Å². The van der Waals surface area contributed by atoms with Crippen molar-refractivity contribution in [2.24, 2.45) is 11.0 Å². The second-order valence-electron chi connectivity index (χ2n) is 5.77. The van der Waals surface area contributed by atoms with E-state index in [4.69, 9.17) is 0 Å². The molecule has 2 aromatic carbocycles. The second-order valence-corrected chi connectivity index (χ2v) is 5.77. The topological polar surface area (TPSA) is 70.6 Å². The van der Waals surface area contributed by atoms with Gasteiger partial charge >= 0.3 is 0 Å². The molecule has 5 nitrogen and oxygen atoms in total. The molecule has 1 atom stereocenters. The molecule has 3 rings (SSSR count). The Kier molecular flexibility index (Phi) is 4.56. The van der Waals surface area contributed by atoms with Crippen molar-refractivity contribution in [3.63, 3.8) is 0 Å². The number of rotatable bonds is 3. The number of halogens is 2. The van der Waals surface area contributed by atoms with E-state index >= 15 is 0 Å². The minimum atomic E-state index is -1.18. The number of carbonyl (C=O) groups excluding carboxylic acids is 2. The van der Waals surface area contributed by atoms with Gasteiger partial charge in [0.2, 0.25) is 5.91 Å². The third kappa shape index (κ3) is 3.55. The van der Waals surface area contributed by atoms with Gasteiger partial charge in [-0.1, -0.05) is 25.1 Å². The minimum Gasteiger partial charge on any atom is -0.322 e. The first-order valence-electron chi connectivity index (χ1n) is 7.68. The van der Waals surface area contributed by atoms with Crippen LogP contribution in [0.5, 0.6) is 0 Å². The molecule has 0 fully saturated rings. The SMILES string of the molecule is CC1CC(=O)NN=C1c1ccc(NC(=O)c2cccc(F)c2F)cc1. The van der Waals surface area contributed by atoms with Gasteiger partial charge in [0.05, 0.1) is 11.3 Å². The molecule has 1 heterocycles. The van der Waals surface area contributed by atoms with E-state index in [1.165, 1.54) is 12.1 Å². The van der Waals surface area contributed by atoms with Crippen molar-refractivity contribution < 1.29 is 18.4 Å². The fourth-order valence-corrected chi connectivity index (χ4v) is 2.60. The van der Waals surface area contributed by atoms with Crippen LogP contribution in [0.15, 0.2) is 47.6 Å². The molecule has 0 radical (unpaired) electrons. The summed E-state index contributed by atoms with van der Waals surface area (Å²) in [4.78, 5) is 23.4. The van der Waals surface area contributed by atoms with Gasteiger partial charge in [-0.3, -0.25) is 9.59 Å². The molecule has 1 aliphatic rings. The third-order valence-corrected chi connectivity index (χ3v) is 3.89. The molecule has 0 saturated carbocycles. The zero-order valence-electron chi connectivity index (χ0n) is 13.3. The van der Waals surface area contributed by atoms with Crippen LogP contribution >= 0.6 is 0 Å². The van der Waals surface area contributed by atoms with Gasteiger partial charge in [0, 0.05) is 18.0 Å². The van der Waals surface area contributed by atoms with Gasteiger partial charge in [0.1, 0.15) is 0 Å². The number of benzene rings is 2. The number of nitrogens with one attached hydrogen (secondary N) is 2. The first kappa shape index (κ1) is 16.8. The summed E-state index contributed by atoms with van der Waals surface area (Å²) < 4.78 is 26.9. The Morgan fingerprint density at radius 2 is 1.92 bits per heavy atom. The van der Waals surface area contributed by atoms with Crippen molar-refractivity contribution in [3.8, 4) is 0 Å². The molecule has 7 heteroatoms. The molecule has 0 spiro atoms. The summed E-state index contributed by atoms with van der Waals surface area (Å²) in [6.07, 6.45) is 0.357. The highest BCUT2D eigenvalue weighted by Gasteiger charge is 2.21. The maximum absolute atomic E-state index is 13.7. The zero-order valence-corrected chi connectivity index (χ0v) is 13.3. The molecule has 2 amide bonds. The van der Waals surface area contributed by atoms with Crippen LogP contribution in [0.4, 0.5) is 14.5 Å². The van der Waals surface area contributed by atoms with Gasteiger partial charge in [0.15, 0.2) is 11.6 Å². The standard InChI is InChI=1S/C18H15F2N3O2/c1-10-9-15(24)22-23-17(10)11-5-7-12(8-6-11)21-18(25)13-3-2-4-14(19)16(13)20/h2-8,10H,9H2,1H3,(H,21,25)(H,22,24). The van der Waals surface area contributed by atoms with Crippen LogP contribution in [-0.2, 0) is 4.79 Å². The third-order valence-electron chi connectivity index (χ3n) is 3.89. The summed E-state index contributed by atoms with van der Waals surface area (Å²) in [7, 11) is 0. The minimum absolute atomic E-state index is 0.0180. The molecule has 128 valence electrons. The van der Waals surface area contributed by atoms with Crippen LogP contribution in [0, 0.1) is 17.6 Å². The number of anilines is 1. The predicted molar refractivity (Wildman–Crippen MR) is 89.2 cm³/mol. The molecule has 2 aromatic rings. The fourth-order valence-electron chi connectivity index (χ4n) is 2.60. The molecule has 0 bridgehead atoms. The maximum Gasteiger partial charge on any atom is 0.258 e. The lowest BCUT2D eigenvalue weighted by Gasteiger charge is -2.19. The van der Waals surface area contributed by atoms with E-state index in [1.807, 2.05) is 6.92 Å². The van der Waals surface area contributed by atoms with E-state index in [9.17, 15) is 18.4 Å². The predicted octanol–water partition coefficient (Wildman–Crippen LogP) is 3.08. The lowest BCUT2D eigenvalue weighted by atomic mass is 9.94. The smallest absolute Gasteiger partial charge is 0.258 e. The average molecular weight is 343 g/mol. The Morgan fingerprint density at radius 3 is 2.60 bits per heavy atom. The van der Waals surface area contributed by atoms with Crippen LogP contribution in [0.1, 0.15) is 29.3 Å². The quantitative estimate of drug-likeness (QED) is 0.899. The van der Waals surface area contributed by atoms with Crippen molar-refractivity contribution in [1.29, 1.82) is 0 Å². The highest BCUT2D eigenvalue weighted by atomic mass is 19.2. The van der Waals surface area contributed by atoms with Gasteiger partial charge in [-0.25, -0.2) is 14.2 Å². The monoisotopic (exact) mass is 343 g/mol. The van der Waals surface area contributed by atoms with Crippen LogP contribution in [-0.4, -0.2) is 17.5 Å². The van der Waals surface area contributed by atoms with E-state index < -0.39 is 17.5 Å². The second kappa shape index (κ2) is 6.80. The number of hydrazone groups is 1. The number of hydrogen-bond acceptors (Lipinski definition) is 3. The Labute approximate surface area is 142 Å². The molecule has 1 unspecified atom stereocenters. The Bertz CT molecular complexity index is 863. The summed E-state index contributed by atoms with van der Waals surface area (Å²) in [5.41, 5.74) is 4.07. The van der Waals surface area contributed by atoms with Gasteiger partial charge < -0.3 is 5.32 Å². The van der Waals surface area contributed by atoms with Crippen molar-refractivity contribution in [2.75, 3.05) is 5.32 Å². The van der Waals surface area contributed by atoms with Gasteiger partial charge in [-0.15, -0.1) is 0 Å². The normalized spacial score (nSPS) is 16.8. The van der Waals surface area contributed by atoms with Crippen molar-refractivity contribution in [2.45, 2.75) is 13.3 Å². The molecular weight excluding hydrogens is 328 g/mol. The summed E-state index contributed by atoms with van der Waals surface area (Å²) in [5.74, 6) is -3.14. The highest BCUT2D eigenvalue weighted by molar-refractivity contribution is 6.07. The summed E-state index contributed by atoms with van der Waals surface area (Å²) in [6, 6.07) is 10.2. The van der Waals surface area contributed by atoms with Crippen molar-refractivity contribution in [1.82, 2.24) is 5.43 Å². The molecule has 25 heavy (non-hydrogen) atoms. The summed E-state index contributed by atoms with van der Waals surface area (Å²) in [5, 5.41) is 6.58. The number of carbonyl (C=O) groups is 2. The Morgan fingerprint density at radius 1 is 1.20 bits per heavy atom. The van der Waals surface area contributed by atoms with Crippen LogP contribution < -0.4 is 10.7 Å². The van der Waals surface area contributed by atoms with E-state index in [0.717, 1.165) is 17.3 Å². The summed E-state index contributed by atoms with van der Waals surface area (Å²) >= 11 is 0. The first-order valence-corrected chi connectivity index (χ1v) is 7.68. The number of nitrogens with zero attached hydrogens (tertiary/aromatic N) is 1. The Hall–Kier alpha value is -3.09. The molecule has 2 N–H and O–H groups in total. The largest absolute Gasteiger partial charge is 0.322 e. The van der Waals surface area contributed by atoms with Gasteiger partial charge in [-0.05, 0) is 29.8 Å². The van der Waals surface area contributed by atoms with E-state index in [1.54, 1.807) is 24.3 Å². The lowest BCUT2D eigenvalue weighted by molar-refractivity contribution is -0.121. The first-order chi connectivity index (χ1) is 12.0. The van der Waals surface area contributed by atoms with E-state index in [-0.39, 0.29) is 17.4 Å². The van der Waals surface area contributed by atoms with Gasteiger partial charge in [0.25, 0.3) is 5.91 Å². The number of hydrogen-bond donors (Lipinski definition) is 2. The maximum atomic E-state index is 13.7. The average Bonchev–Trinajstić information content (AvgIpc) is 2.58. The van der Waals surface area contributed by atoms with E-state index in [2.05, 4.69) is 15.8 Å². The van der Waals surface area contributed by atoms with Crippen LogP contribution in [0.2, 0.25) is 0 Å². The molecular formula is C18H15F2N3O2. The van der Waals surface area contributed by atoms with Gasteiger partial charge in [-0.2, -0.15) is 5.10 Å². The highest BCUT2D eigenvalue weighted by Crippen LogP contribution is 2.19. The lowest BCUT2D eigenvalue weighted by Crippen LogP contribution is -2.31. The molecule has 0 saturated heterocycles. The van der Waals surface area contributed by atoms with Crippen molar-refractivity contribution >= 4 is 23.2 Å². The molecule has 1 aliphatic heterocycles. The zero-order chi connectivity index (χ0) is 18.0. The Balaban J connectivity index is 1.76. The van der Waals surface area contributed by atoms with Crippen molar-refractivity contribution in [3.05, 3.63) is 65.2 Å².